The minimum Gasteiger partial charge on any atom is -0.481 e. The molecule has 0 aliphatic rings. The fourth-order valence-electron chi connectivity index (χ4n) is 1.99. The summed E-state index contributed by atoms with van der Waals surface area (Å²) in [6, 6.07) is 7.71. The summed E-state index contributed by atoms with van der Waals surface area (Å²) in [5, 5.41) is 8.85. The van der Waals surface area contributed by atoms with Crippen LogP contribution in [0.25, 0.3) is 0 Å². The van der Waals surface area contributed by atoms with Crippen LogP contribution in [0.2, 0.25) is 0 Å². The Balaban J connectivity index is 2.80. The van der Waals surface area contributed by atoms with Crippen molar-refractivity contribution in [2.75, 3.05) is 18.6 Å². The summed E-state index contributed by atoms with van der Waals surface area (Å²) in [6.45, 7) is 2.55. The van der Waals surface area contributed by atoms with Crippen LogP contribution in [-0.4, -0.2) is 40.4 Å². The van der Waals surface area contributed by atoms with E-state index in [1.54, 1.807) is 16.7 Å². The number of hydrogen-bond donors (Lipinski definition) is 1. The highest BCUT2D eigenvalue weighted by Crippen LogP contribution is 2.16. The van der Waals surface area contributed by atoms with Gasteiger partial charge in [-0.2, -0.15) is 11.8 Å². The van der Waals surface area contributed by atoms with Crippen molar-refractivity contribution in [1.29, 1.82) is 0 Å². The van der Waals surface area contributed by atoms with Gasteiger partial charge in [0.25, 0.3) is 0 Å². The fraction of sp³-hybridized carbons (Fsp3) is 0.467. The maximum Gasteiger partial charge on any atom is 0.305 e. The molecular weight excluding hydrogens is 354 g/mol. The Morgan fingerprint density at radius 1 is 1.43 bits per heavy atom. The summed E-state index contributed by atoms with van der Waals surface area (Å²) in [6.07, 6.45) is 1.92. The zero-order chi connectivity index (χ0) is 15.8. The molecule has 1 unspecified atom stereocenters. The summed E-state index contributed by atoms with van der Waals surface area (Å²) >= 11 is 5.02. The van der Waals surface area contributed by atoms with Crippen molar-refractivity contribution < 1.29 is 14.7 Å². The van der Waals surface area contributed by atoms with Crippen LogP contribution in [0.4, 0.5) is 0 Å². The number of nitrogens with zero attached hydrogens (tertiary/aromatic N) is 1. The van der Waals surface area contributed by atoms with Gasteiger partial charge in [0.1, 0.15) is 0 Å². The van der Waals surface area contributed by atoms with Gasteiger partial charge in [0.2, 0.25) is 5.91 Å². The molecule has 1 aromatic rings. The molecule has 0 heterocycles. The van der Waals surface area contributed by atoms with Crippen LogP contribution in [0.1, 0.15) is 18.9 Å². The molecule has 0 aliphatic carbocycles. The lowest BCUT2D eigenvalue weighted by molar-refractivity contribution is -0.139. The first-order valence-corrected chi connectivity index (χ1v) is 8.86. The summed E-state index contributed by atoms with van der Waals surface area (Å²) in [5.41, 5.74) is 0.986. The van der Waals surface area contributed by atoms with E-state index in [1.165, 1.54) is 0 Å². The van der Waals surface area contributed by atoms with Crippen LogP contribution in [0.5, 0.6) is 0 Å². The van der Waals surface area contributed by atoms with Gasteiger partial charge in [-0.1, -0.05) is 35.0 Å². The number of benzene rings is 1. The van der Waals surface area contributed by atoms with Crippen molar-refractivity contribution in [1.82, 2.24) is 4.90 Å². The Morgan fingerprint density at radius 3 is 2.71 bits per heavy atom. The Bertz CT molecular complexity index is 496. The molecule has 1 atom stereocenters. The number of carbonyl (C=O) groups excluding carboxylic acids is 1. The number of carbonyl (C=O) groups is 2. The van der Waals surface area contributed by atoms with E-state index < -0.39 is 5.97 Å². The number of carboxylic acids is 1. The highest BCUT2D eigenvalue weighted by molar-refractivity contribution is 9.10. The second-order valence-corrected chi connectivity index (χ2v) is 6.72. The summed E-state index contributed by atoms with van der Waals surface area (Å²) < 4.78 is 0.947. The quantitative estimate of drug-likeness (QED) is 0.759. The van der Waals surface area contributed by atoms with Crippen molar-refractivity contribution in [2.45, 2.75) is 19.9 Å². The largest absolute Gasteiger partial charge is 0.481 e. The SMILES string of the molecule is CSCC(C)C(=O)N(CCC(=O)O)Cc1cccc(Br)c1. The maximum absolute atomic E-state index is 12.4. The number of aliphatic carboxylic acids is 1. The molecule has 116 valence electrons. The third-order valence-corrected chi connectivity index (χ3v) is 4.33. The number of rotatable bonds is 8. The van der Waals surface area contributed by atoms with Crippen molar-refractivity contribution in [3.63, 3.8) is 0 Å². The van der Waals surface area contributed by atoms with Crippen molar-refractivity contribution in [3.8, 4) is 0 Å². The predicted molar refractivity (Wildman–Crippen MR) is 89.4 cm³/mol. The van der Waals surface area contributed by atoms with Crippen LogP contribution in [-0.2, 0) is 16.1 Å². The van der Waals surface area contributed by atoms with Crippen LogP contribution < -0.4 is 0 Å². The predicted octanol–water partition coefficient (Wildman–Crippen LogP) is 3.25. The average Bonchev–Trinajstić information content (AvgIpc) is 2.42. The van der Waals surface area contributed by atoms with E-state index in [1.807, 2.05) is 37.4 Å². The van der Waals surface area contributed by atoms with E-state index in [2.05, 4.69) is 15.9 Å². The zero-order valence-electron chi connectivity index (χ0n) is 12.2. The molecule has 0 bridgehead atoms. The van der Waals surface area contributed by atoms with Gasteiger partial charge in [-0.25, -0.2) is 0 Å². The topological polar surface area (TPSA) is 57.6 Å². The van der Waals surface area contributed by atoms with Crippen LogP contribution in [0.15, 0.2) is 28.7 Å². The highest BCUT2D eigenvalue weighted by Gasteiger charge is 2.21. The number of thioether (sulfide) groups is 1. The number of amides is 1. The smallest absolute Gasteiger partial charge is 0.305 e. The van der Waals surface area contributed by atoms with E-state index >= 15 is 0 Å². The number of carboxylic acid groups (broad SMARTS) is 1. The van der Waals surface area contributed by atoms with Gasteiger partial charge in [0, 0.05) is 29.2 Å². The molecule has 0 fully saturated rings. The molecule has 21 heavy (non-hydrogen) atoms. The standard InChI is InChI=1S/C15H20BrNO3S/c1-11(10-21-2)15(20)17(7-6-14(18)19)9-12-4-3-5-13(16)8-12/h3-5,8,11H,6-7,9-10H2,1-2H3,(H,18,19). The van der Waals surface area contributed by atoms with Crippen LogP contribution in [0.3, 0.4) is 0 Å². The van der Waals surface area contributed by atoms with E-state index in [9.17, 15) is 9.59 Å². The molecule has 4 nitrogen and oxygen atoms in total. The van der Waals surface area contributed by atoms with E-state index in [-0.39, 0.29) is 24.8 Å². The van der Waals surface area contributed by atoms with Crippen LogP contribution >= 0.6 is 27.7 Å². The first kappa shape index (κ1) is 18.0. The lowest BCUT2D eigenvalue weighted by atomic mass is 10.1. The summed E-state index contributed by atoms with van der Waals surface area (Å²) in [4.78, 5) is 24.9. The molecular formula is C15H20BrNO3S. The number of halogens is 1. The Labute approximate surface area is 138 Å². The zero-order valence-corrected chi connectivity index (χ0v) is 14.6. The summed E-state index contributed by atoms with van der Waals surface area (Å²) in [7, 11) is 0. The lowest BCUT2D eigenvalue weighted by Crippen LogP contribution is -2.37. The molecule has 1 aromatic carbocycles. The second kappa shape index (κ2) is 9.10. The molecule has 0 aromatic heterocycles. The first-order chi connectivity index (χ1) is 9.93. The van der Waals surface area contributed by atoms with Crippen molar-refractivity contribution >= 4 is 39.6 Å². The Morgan fingerprint density at radius 2 is 2.14 bits per heavy atom. The highest BCUT2D eigenvalue weighted by atomic mass is 79.9. The second-order valence-electron chi connectivity index (χ2n) is 4.89. The number of hydrogen-bond acceptors (Lipinski definition) is 3. The molecule has 1 rings (SSSR count). The monoisotopic (exact) mass is 373 g/mol. The molecule has 1 amide bonds. The molecule has 1 N–H and O–H groups in total. The van der Waals surface area contributed by atoms with Crippen molar-refractivity contribution in [3.05, 3.63) is 34.3 Å². The van der Waals surface area contributed by atoms with E-state index in [0.717, 1.165) is 15.8 Å². The van der Waals surface area contributed by atoms with E-state index in [0.29, 0.717) is 6.54 Å². The van der Waals surface area contributed by atoms with Gasteiger partial charge >= 0.3 is 5.97 Å². The van der Waals surface area contributed by atoms with Crippen LogP contribution in [0, 0.1) is 5.92 Å². The third kappa shape index (κ3) is 6.52. The molecule has 0 radical (unpaired) electrons. The summed E-state index contributed by atoms with van der Waals surface area (Å²) in [5.74, 6) is -0.257. The average molecular weight is 374 g/mol. The molecule has 0 spiro atoms. The van der Waals surface area contributed by atoms with Gasteiger partial charge in [-0.3, -0.25) is 9.59 Å². The van der Waals surface area contributed by atoms with E-state index in [4.69, 9.17) is 5.11 Å². The molecule has 6 heteroatoms. The minimum atomic E-state index is -0.889. The van der Waals surface area contributed by atoms with Gasteiger partial charge in [0.05, 0.1) is 6.42 Å². The van der Waals surface area contributed by atoms with Gasteiger partial charge in [-0.05, 0) is 24.0 Å². The molecule has 0 saturated carbocycles. The van der Waals surface area contributed by atoms with Gasteiger partial charge < -0.3 is 10.0 Å². The lowest BCUT2D eigenvalue weighted by Gasteiger charge is -2.25. The molecule has 0 aliphatic heterocycles. The Hall–Kier alpha value is -1.01. The Kier molecular flexibility index (Phi) is 7.82. The third-order valence-electron chi connectivity index (χ3n) is 3.01. The maximum atomic E-state index is 12.4. The van der Waals surface area contributed by atoms with Gasteiger partial charge in [0.15, 0.2) is 0 Å². The first-order valence-electron chi connectivity index (χ1n) is 6.68. The van der Waals surface area contributed by atoms with Crippen molar-refractivity contribution in [2.24, 2.45) is 5.92 Å². The normalized spacial score (nSPS) is 12.0. The van der Waals surface area contributed by atoms with Gasteiger partial charge in [-0.15, -0.1) is 0 Å². The molecule has 0 saturated heterocycles. The fourth-order valence-corrected chi connectivity index (χ4v) is 3.08. The minimum absolute atomic E-state index is 0.00516.